The van der Waals surface area contributed by atoms with Crippen LogP contribution in [0.4, 0.5) is 13.2 Å². The van der Waals surface area contributed by atoms with E-state index in [-0.39, 0.29) is 19.1 Å². The highest BCUT2D eigenvalue weighted by Gasteiger charge is 2.40. The number of para-hydroxylation sites is 1. The van der Waals surface area contributed by atoms with E-state index in [4.69, 9.17) is 4.74 Å². The van der Waals surface area contributed by atoms with Crippen molar-refractivity contribution in [3.05, 3.63) is 59.9 Å². The van der Waals surface area contributed by atoms with E-state index in [0.29, 0.717) is 12.0 Å². The second-order valence-corrected chi connectivity index (χ2v) is 5.61. The van der Waals surface area contributed by atoms with E-state index in [1.54, 1.807) is 12.1 Å². The summed E-state index contributed by atoms with van der Waals surface area (Å²) in [7, 11) is 0. The molecule has 0 saturated carbocycles. The smallest absolute Gasteiger partial charge is 0.404 e. The molecule has 1 aromatic heterocycles. The van der Waals surface area contributed by atoms with Crippen LogP contribution in [0, 0.1) is 0 Å². The Hall–Kier alpha value is -2.08. The Balaban J connectivity index is 1.60. The van der Waals surface area contributed by atoms with Crippen LogP contribution < -0.4 is 10.1 Å². The maximum Gasteiger partial charge on any atom is 0.404 e. The van der Waals surface area contributed by atoms with Gasteiger partial charge in [-0.05, 0) is 35.7 Å². The summed E-state index contributed by atoms with van der Waals surface area (Å²) >= 11 is 0. The van der Waals surface area contributed by atoms with E-state index in [9.17, 15) is 13.2 Å². The van der Waals surface area contributed by atoms with Gasteiger partial charge in [-0.15, -0.1) is 0 Å². The average Bonchev–Trinajstić information content (AvgIpc) is 2.94. The molecule has 3 rings (SSSR count). The minimum atomic E-state index is -4.31. The molecular formula is C17H17F3N2O. The molecule has 1 aliphatic rings. The summed E-state index contributed by atoms with van der Waals surface area (Å²) in [6.45, 7) is 0.157. The minimum absolute atomic E-state index is 0.119. The van der Waals surface area contributed by atoms with Crippen LogP contribution in [0.5, 0.6) is 5.75 Å². The molecule has 0 unspecified atom stereocenters. The van der Waals surface area contributed by atoms with Crippen LogP contribution in [-0.2, 0) is 12.8 Å². The van der Waals surface area contributed by atoms with E-state index >= 15 is 0 Å². The summed E-state index contributed by atoms with van der Waals surface area (Å²) in [5.41, 5.74) is 1.64. The summed E-state index contributed by atoms with van der Waals surface area (Å²) in [6, 6.07) is 9.14. The highest BCUT2D eigenvalue weighted by molar-refractivity contribution is 5.37. The SMILES string of the molecule is FC(F)(F)[C@H](Cc1ccncc1)NC[C@H]1Cc2ccccc2O1. The van der Waals surface area contributed by atoms with Crippen LogP contribution in [0.2, 0.25) is 0 Å². The molecule has 3 nitrogen and oxygen atoms in total. The number of aromatic nitrogens is 1. The number of fused-ring (bicyclic) bond motifs is 1. The number of nitrogens with one attached hydrogen (secondary N) is 1. The largest absolute Gasteiger partial charge is 0.488 e. The van der Waals surface area contributed by atoms with Crippen LogP contribution in [0.25, 0.3) is 0 Å². The van der Waals surface area contributed by atoms with Crippen LogP contribution in [0.3, 0.4) is 0 Å². The first-order chi connectivity index (χ1) is 11.0. The molecule has 0 spiro atoms. The molecule has 0 bridgehead atoms. The van der Waals surface area contributed by atoms with Gasteiger partial charge in [0, 0.05) is 25.4 Å². The molecule has 2 atom stereocenters. The number of pyridine rings is 1. The van der Waals surface area contributed by atoms with Gasteiger partial charge in [0.05, 0.1) is 0 Å². The lowest BCUT2D eigenvalue weighted by atomic mass is 10.1. The second kappa shape index (κ2) is 6.58. The van der Waals surface area contributed by atoms with Crippen molar-refractivity contribution in [3.63, 3.8) is 0 Å². The van der Waals surface area contributed by atoms with Crippen molar-refractivity contribution in [1.82, 2.24) is 10.3 Å². The molecule has 23 heavy (non-hydrogen) atoms. The van der Waals surface area contributed by atoms with Crippen molar-refractivity contribution in [1.29, 1.82) is 0 Å². The number of hydrogen-bond acceptors (Lipinski definition) is 3. The Morgan fingerprint density at radius 3 is 2.61 bits per heavy atom. The fourth-order valence-corrected chi connectivity index (χ4v) is 2.70. The first kappa shape index (κ1) is 15.8. The summed E-state index contributed by atoms with van der Waals surface area (Å²) < 4.78 is 45.4. The van der Waals surface area contributed by atoms with Gasteiger partial charge in [-0.25, -0.2) is 0 Å². The first-order valence-corrected chi connectivity index (χ1v) is 7.46. The van der Waals surface area contributed by atoms with Crippen molar-refractivity contribution < 1.29 is 17.9 Å². The summed E-state index contributed by atoms with van der Waals surface area (Å²) in [5, 5.41) is 2.61. The molecule has 0 fully saturated rings. The molecule has 0 radical (unpaired) electrons. The maximum atomic E-state index is 13.2. The Morgan fingerprint density at radius 2 is 1.91 bits per heavy atom. The van der Waals surface area contributed by atoms with Gasteiger partial charge in [-0.2, -0.15) is 13.2 Å². The van der Waals surface area contributed by atoms with Crippen molar-refractivity contribution >= 4 is 0 Å². The lowest BCUT2D eigenvalue weighted by Crippen LogP contribution is -2.47. The molecule has 6 heteroatoms. The van der Waals surface area contributed by atoms with Crippen molar-refractivity contribution in [2.45, 2.75) is 31.2 Å². The lowest BCUT2D eigenvalue weighted by molar-refractivity contribution is -0.156. The molecule has 0 aliphatic carbocycles. The summed E-state index contributed by atoms with van der Waals surface area (Å²) in [6.07, 6.45) is -1.07. The van der Waals surface area contributed by atoms with E-state index < -0.39 is 12.2 Å². The Labute approximate surface area is 132 Å². The third-order valence-electron chi connectivity index (χ3n) is 3.89. The molecule has 1 N–H and O–H groups in total. The van der Waals surface area contributed by atoms with Crippen molar-refractivity contribution in [2.75, 3.05) is 6.54 Å². The molecule has 0 amide bonds. The zero-order valence-corrected chi connectivity index (χ0v) is 12.4. The van der Waals surface area contributed by atoms with Crippen molar-refractivity contribution in [3.8, 4) is 5.75 Å². The van der Waals surface area contributed by atoms with Gasteiger partial charge >= 0.3 is 6.18 Å². The second-order valence-electron chi connectivity index (χ2n) is 5.61. The monoisotopic (exact) mass is 322 g/mol. The van der Waals surface area contributed by atoms with Crippen LogP contribution in [-0.4, -0.2) is 29.9 Å². The van der Waals surface area contributed by atoms with Gasteiger partial charge < -0.3 is 10.1 Å². The maximum absolute atomic E-state index is 13.2. The molecule has 1 aliphatic heterocycles. The molecule has 0 saturated heterocycles. The zero-order chi connectivity index (χ0) is 16.3. The van der Waals surface area contributed by atoms with Gasteiger partial charge in [-0.3, -0.25) is 4.98 Å². The van der Waals surface area contributed by atoms with Gasteiger partial charge in [0.25, 0.3) is 0 Å². The standard InChI is InChI=1S/C17H17F3N2O/c18-17(19,20)16(9-12-5-7-21-8-6-12)22-11-14-10-13-3-1-2-4-15(13)23-14/h1-8,14,16,22H,9-11H2/t14-,16+/m1/s1. The topological polar surface area (TPSA) is 34.2 Å². The fourth-order valence-electron chi connectivity index (χ4n) is 2.70. The number of ether oxygens (including phenoxy) is 1. The average molecular weight is 322 g/mol. The Bertz CT molecular complexity index is 621. The van der Waals surface area contributed by atoms with E-state index in [2.05, 4.69) is 10.3 Å². The fraction of sp³-hybridized carbons (Fsp3) is 0.353. The normalized spacial score (nSPS) is 18.3. The predicted molar refractivity (Wildman–Crippen MR) is 80.3 cm³/mol. The third kappa shape index (κ3) is 4.01. The molecule has 122 valence electrons. The first-order valence-electron chi connectivity index (χ1n) is 7.46. The quantitative estimate of drug-likeness (QED) is 0.918. The number of hydrogen-bond donors (Lipinski definition) is 1. The molecule has 1 aromatic carbocycles. The molecule has 2 heterocycles. The van der Waals surface area contributed by atoms with Crippen LogP contribution >= 0.6 is 0 Å². The van der Waals surface area contributed by atoms with E-state index in [0.717, 1.165) is 11.3 Å². The van der Waals surface area contributed by atoms with E-state index in [1.165, 1.54) is 12.4 Å². The highest BCUT2D eigenvalue weighted by atomic mass is 19.4. The van der Waals surface area contributed by atoms with Gasteiger partial charge in [0.15, 0.2) is 0 Å². The van der Waals surface area contributed by atoms with Gasteiger partial charge in [-0.1, -0.05) is 18.2 Å². The van der Waals surface area contributed by atoms with Gasteiger partial charge in [0.1, 0.15) is 17.9 Å². The lowest BCUT2D eigenvalue weighted by Gasteiger charge is -2.23. The number of rotatable bonds is 5. The van der Waals surface area contributed by atoms with Crippen LogP contribution in [0.15, 0.2) is 48.8 Å². The van der Waals surface area contributed by atoms with E-state index in [1.807, 2.05) is 24.3 Å². The Morgan fingerprint density at radius 1 is 1.17 bits per heavy atom. The Kier molecular flexibility index (Phi) is 4.52. The zero-order valence-electron chi connectivity index (χ0n) is 12.4. The summed E-state index contributed by atoms with van der Waals surface area (Å²) in [5.74, 6) is 0.761. The molecular weight excluding hydrogens is 305 g/mol. The third-order valence-corrected chi connectivity index (χ3v) is 3.89. The van der Waals surface area contributed by atoms with Crippen molar-refractivity contribution in [2.24, 2.45) is 0 Å². The minimum Gasteiger partial charge on any atom is -0.488 e. The number of nitrogens with zero attached hydrogens (tertiary/aromatic N) is 1. The number of alkyl halides is 3. The highest BCUT2D eigenvalue weighted by Crippen LogP contribution is 2.28. The number of benzene rings is 1. The molecule has 2 aromatic rings. The number of halogens is 3. The van der Waals surface area contributed by atoms with Gasteiger partial charge in [0.2, 0.25) is 0 Å². The predicted octanol–water partition coefficient (Wildman–Crippen LogP) is 3.15. The summed E-state index contributed by atoms with van der Waals surface area (Å²) in [4.78, 5) is 3.83. The van der Waals surface area contributed by atoms with Crippen LogP contribution in [0.1, 0.15) is 11.1 Å².